The van der Waals surface area contributed by atoms with Gasteiger partial charge < -0.3 is 0 Å². The van der Waals surface area contributed by atoms with Crippen LogP contribution >= 0.6 is 0 Å². The molecule has 0 fully saturated rings. The Balaban J connectivity index is 2.15. The van der Waals surface area contributed by atoms with Crippen molar-refractivity contribution in [2.45, 2.75) is 13.8 Å². The number of nitriles is 4. The number of rotatable bonds is 2. The Morgan fingerprint density at radius 3 is 1.13 bits per heavy atom. The molecule has 5 rings (SSSR count). The molecule has 0 aliphatic heterocycles. The Kier molecular flexibility index (Phi) is 6.00. The number of benzene rings is 3. The van der Waals surface area contributed by atoms with Crippen LogP contribution in [0.1, 0.15) is 11.4 Å². The topological polar surface area (TPSA) is 147 Å². The minimum absolute atomic E-state index is 0.166. The van der Waals surface area contributed by atoms with Crippen molar-refractivity contribution in [3.05, 3.63) is 82.5 Å². The molecule has 0 unspecified atom stereocenters. The molecule has 0 N–H and O–H groups in total. The number of aromatic nitrogens is 4. The monoisotopic (exact) mass is 488 g/mol. The Hall–Kier alpha value is -5.96. The quantitative estimate of drug-likeness (QED) is 0.340. The molecule has 176 valence electrons. The fraction of sp³-hybridized carbons (Fsp3) is 0.0667. The summed E-state index contributed by atoms with van der Waals surface area (Å²) < 4.78 is 0. The molecule has 3 aromatic carbocycles. The molecule has 8 nitrogen and oxygen atoms in total. The summed E-state index contributed by atoms with van der Waals surface area (Å²) in [4.78, 5) is 19.2. The highest BCUT2D eigenvalue weighted by Crippen LogP contribution is 2.25. The summed E-state index contributed by atoms with van der Waals surface area (Å²) in [6, 6.07) is 26.5. The van der Waals surface area contributed by atoms with Gasteiger partial charge in [-0.3, -0.25) is 0 Å². The maximum atomic E-state index is 9.90. The van der Waals surface area contributed by atoms with Gasteiger partial charge in [-0.15, -0.1) is 0 Å². The van der Waals surface area contributed by atoms with E-state index < -0.39 is 0 Å². The molecule has 0 aliphatic rings. The summed E-state index contributed by atoms with van der Waals surface area (Å²) in [5, 5.41) is 39.9. The van der Waals surface area contributed by atoms with E-state index in [9.17, 15) is 21.0 Å². The SMILES string of the molecule is Cc1nc2c(=C(C#N)C#N)c3nc(-c4ccccc4)c(C)nc3c(=C(C#N)C#N)c2nc1-c1ccccc1. The number of nitrogens with zero attached hydrogens (tertiary/aromatic N) is 8. The van der Waals surface area contributed by atoms with E-state index in [1.165, 1.54) is 0 Å². The van der Waals surface area contributed by atoms with Crippen LogP contribution in [-0.4, -0.2) is 19.9 Å². The summed E-state index contributed by atoms with van der Waals surface area (Å²) in [5.41, 5.74) is 4.09. The van der Waals surface area contributed by atoms with Crippen LogP contribution in [-0.2, 0) is 0 Å². The lowest BCUT2D eigenvalue weighted by Gasteiger charge is -2.12. The maximum Gasteiger partial charge on any atom is 0.141 e. The van der Waals surface area contributed by atoms with Gasteiger partial charge in [0.2, 0.25) is 0 Å². The number of hydrogen-bond acceptors (Lipinski definition) is 8. The van der Waals surface area contributed by atoms with Crippen LogP contribution in [0.25, 0.3) is 55.7 Å². The minimum Gasteiger partial charge on any atom is -0.248 e. The molecule has 2 heterocycles. The average molecular weight is 489 g/mol. The van der Waals surface area contributed by atoms with Crippen LogP contribution in [0.15, 0.2) is 60.7 Å². The highest BCUT2D eigenvalue weighted by atomic mass is 14.9. The molecule has 0 radical (unpaired) electrons. The first-order valence-corrected chi connectivity index (χ1v) is 11.5. The molecule has 0 aliphatic carbocycles. The molecule has 0 bridgehead atoms. The zero-order chi connectivity index (χ0) is 26.8. The van der Waals surface area contributed by atoms with E-state index in [-0.39, 0.29) is 43.7 Å². The summed E-state index contributed by atoms with van der Waals surface area (Å²) in [6.45, 7) is 3.55. The highest BCUT2D eigenvalue weighted by Gasteiger charge is 2.21. The van der Waals surface area contributed by atoms with Crippen LogP contribution < -0.4 is 10.4 Å². The zero-order valence-corrected chi connectivity index (χ0v) is 20.4. The van der Waals surface area contributed by atoms with Gasteiger partial charge in [-0.2, -0.15) is 21.0 Å². The van der Waals surface area contributed by atoms with Crippen molar-refractivity contribution in [1.29, 1.82) is 21.0 Å². The molecule has 8 heteroatoms. The third-order valence-electron chi connectivity index (χ3n) is 6.13. The first kappa shape index (κ1) is 23.8. The smallest absolute Gasteiger partial charge is 0.141 e. The van der Waals surface area contributed by atoms with Crippen LogP contribution in [0, 0.1) is 59.2 Å². The average Bonchev–Trinajstić information content (AvgIpc) is 2.95. The number of fused-ring (bicyclic) bond motifs is 2. The summed E-state index contributed by atoms with van der Waals surface area (Å²) in [7, 11) is 0. The largest absolute Gasteiger partial charge is 0.248 e. The van der Waals surface area contributed by atoms with E-state index in [1.807, 2.05) is 84.9 Å². The van der Waals surface area contributed by atoms with Gasteiger partial charge in [0.25, 0.3) is 0 Å². The second kappa shape index (κ2) is 9.59. The molecule has 38 heavy (non-hydrogen) atoms. The Labute approximate surface area is 217 Å². The standard InChI is InChI=1S/C30H16N8/c1-17-25(19-9-5-3-6-10-19)37-29-24(22(15-33)16-34)28-30(23(27(29)35-17)21(13-31)14-32)38-26(18(2)36-28)20-11-7-4-8-12-20/h3-12H,1-2H3. The molecular weight excluding hydrogens is 472 g/mol. The normalized spacial score (nSPS) is 10.3. The Morgan fingerprint density at radius 2 is 0.816 bits per heavy atom. The van der Waals surface area contributed by atoms with Gasteiger partial charge in [-0.25, -0.2) is 19.9 Å². The third kappa shape index (κ3) is 3.76. The van der Waals surface area contributed by atoms with Gasteiger partial charge in [0, 0.05) is 11.1 Å². The molecule has 0 spiro atoms. The number of hydrogen-bond donors (Lipinski definition) is 0. The Bertz CT molecular complexity index is 1890. The lowest BCUT2D eigenvalue weighted by atomic mass is 10.0. The van der Waals surface area contributed by atoms with Gasteiger partial charge in [0.15, 0.2) is 0 Å². The second-order valence-corrected chi connectivity index (χ2v) is 8.39. The predicted molar refractivity (Wildman–Crippen MR) is 141 cm³/mol. The lowest BCUT2D eigenvalue weighted by Crippen LogP contribution is -2.24. The van der Waals surface area contributed by atoms with Crippen molar-refractivity contribution >= 4 is 33.2 Å². The van der Waals surface area contributed by atoms with Crippen molar-refractivity contribution in [2.75, 3.05) is 0 Å². The predicted octanol–water partition coefficient (Wildman–Crippen LogP) is 3.92. The van der Waals surface area contributed by atoms with E-state index >= 15 is 0 Å². The van der Waals surface area contributed by atoms with Gasteiger partial charge in [-0.1, -0.05) is 60.7 Å². The first-order chi connectivity index (χ1) is 18.5. The molecule has 5 aromatic rings. The summed E-state index contributed by atoms with van der Waals surface area (Å²) in [6.07, 6.45) is 0. The van der Waals surface area contributed by atoms with E-state index in [0.29, 0.717) is 22.8 Å². The molecule has 0 amide bonds. The van der Waals surface area contributed by atoms with E-state index in [1.54, 1.807) is 13.8 Å². The van der Waals surface area contributed by atoms with Crippen molar-refractivity contribution < 1.29 is 0 Å². The van der Waals surface area contributed by atoms with Crippen LogP contribution in [0.2, 0.25) is 0 Å². The van der Waals surface area contributed by atoms with Crippen LogP contribution in [0.3, 0.4) is 0 Å². The van der Waals surface area contributed by atoms with E-state index in [4.69, 9.17) is 19.9 Å². The molecule has 0 saturated carbocycles. The Morgan fingerprint density at radius 1 is 0.500 bits per heavy atom. The lowest BCUT2D eigenvalue weighted by molar-refractivity contribution is 1.16. The maximum absolute atomic E-state index is 9.90. The minimum atomic E-state index is -0.222. The highest BCUT2D eigenvalue weighted by molar-refractivity contribution is 6.01. The molecule has 0 atom stereocenters. The van der Waals surface area contributed by atoms with Crippen molar-refractivity contribution in [2.24, 2.45) is 0 Å². The zero-order valence-electron chi connectivity index (χ0n) is 20.4. The van der Waals surface area contributed by atoms with Crippen molar-refractivity contribution in [1.82, 2.24) is 19.9 Å². The van der Waals surface area contributed by atoms with Crippen LogP contribution in [0.4, 0.5) is 0 Å². The first-order valence-electron chi connectivity index (χ1n) is 11.5. The van der Waals surface area contributed by atoms with Gasteiger partial charge in [-0.05, 0) is 13.8 Å². The van der Waals surface area contributed by atoms with Crippen LogP contribution in [0.5, 0.6) is 0 Å². The fourth-order valence-electron chi connectivity index (χ4n) is 4.45. The summed E-state index contributed by atoms with van der Waals surface area (Å²) in [5.74, 6) is 0. The van der Waals surface area contributed by atoms with E-state index in [2.05, 4.69) is 0 Å². The summed E-state index contributed by atoms with van der Waals surface area (Å²) >= 11 is 0. The van der Waals surface area contributed by atoms with Crippen molar-refractivity contribution in [3.8, 4) is 46.8 Å². The second-order valence-electron chi connectivity index (χ2n) is 8.39. The van der Waals surface area contributed by atoms with E-state index in [0.717, 1.165) is 11.1 Å². The fourth-order valence-corrected chi connectivity index (χ4v) is 4.45. The number of aryl methyl sites for hydroxylation is 2. The van der Waals surface area contributed by atoms with Gasteiger partial charge >= 0.3 is 0 Å². The molecular formula is C30H16N8. The van der Waals surface area contributed by atoms with Crippen molar-refractivity contribution in [3.63, 3.8) is 0 Å². The molecule has 2 aromatic heterocycles. The molecule has 0 saturated heterocycles. The third-order valence-corrected chi connectivity index (χ3v) is 6.13. The van der Waals surface area contributed by atoms with Gasteiger partial charge in [0.05, 0.1) is 33.2 Å². The van der Waals surface area contributed by atoms with Gasteiger partial charge in [0.1, 0.15) is 57.5 Å².